The fourth-order valence-electron chi connectivity index (χ4n) is 4.17. The third-order valence-corrected chi connectivity index (χ3v) is 5.73. The molecule has 1 aliphatic rings. The number of aryl methyl sites for hydroxylation is 1. The maximum absolute atomic E-state index is 13.3. The predicted octanol–water partition coefficient (Wildman–Crippen LogP) is 3.84. The summed E-state index contributed by atoms with van der Waals surface area (Å²) in [4.78, 5) is 20.0. The van der Waals surface area contributed by atoms with E-state index in [9.17, 15) is 4.79 Å². The standard InChI is InChI=1S/C24H22N4O2/c1-27-21(11-13-25-27)18-9-10-22(30-2)19-15-28(24(29)23(18)19)14-12-17-8-7-16-5-3-4-6-20(16)26-17/h3-11,13H,12,14-15H2,1-2H3. The minimum absolute atomic E-state index is 0.0286. The van der Waals surface area contributed by atoms with E-state index in [4.69, 9.17) is 9.72 Å². The fraction of sp³-hybridized carbons (Fsp3) is 0.208. The van der Waals surface area contributed by atoms with Crippen LogP contribution in [-0.2, 0) is 20.0 Å². The average Bonchev–Trinajstić information content (AvgIpc) is 3.35. The van der Waals surface area contributed by atoms with Crippen molar-refractivity contribution in [3.05, 3.63) is 77.6 Å². The summed E-state index contributed by atoms with van der Waals surface area (Å²) >= 11 is 0. The number of aromatic nitrogens is 3. The Labute approximate surface area is 174 Å². The summed E-state index contributed by atoms with van der Waals surface area (Å²) in [6, 6.07) is 18.0. The summed E-state index contributed by atoms with van der Waals surface area (Å²) in [5, 5.41) is 5.38. The fourth-order valence-corrected chi connectivity index (χ4v) is 4.17. The van der Waals surface area contributed by atoms with Gasteiger partial charge in [-0.15, -0.1) is 0 Å². The number of amides is 1. The summed E-state index contributed by atoms with van der Waals surface area (Å²) < 4.78 is 7.34. The van der Waals surface area contributed by atoms with E-state index in [0.29, 0.717) is 25.1 Å². The van der Waals surface area contributed by atoms with Crippen LogP contribution in [0.25, 0.3) is 22.2 Å². The normalized spacial score (nSPS) is 13.1. The Kier molecular flexibility index (Phi) is 4.47. The second kappa shape index (κ2) is 7.30. The highest BCUT2D eigenvalue weighted by molar-refractivity contribution is 6.05. The Morgan fingerprint density at radius 3 is 2.73 bits per heavy atom. The van der Waals surface area contributed by atoms with Crippen LogP contribution in [0.1, 0.15) is 21.6 Å². The van der Waals surface area contributed by atoms with Gasteiger partial charge in [-0.25, -0.2) is 0 Å². The molecule has 1 amide bonds. The zero-order chi connectivity index (χ0) is 20.7. The van der Waals surface area contributed by atoms with Gasteiger partial charge in [0.05, 0.1) is 30.4 Å². The molecule has 0 saturated carbocycles. The van der Waals surface area contributed by atoms with Crippen LogP contribution in [0, 0.1) is 0 Å². The zero-order valence-corrected chi connectivity index (χ0v) is 17.0. The van der Waals surface area contributed by atoms with Gasteiger partial charge in [-0.05, 0) is 30.3 Å². The number of para-hydroxylation sites is 1. The molecule has 4 aromatic rings. The molecule has 3 heterocycles. The quantitative estimate of drug-likeness (QED) is 0.512. The number of ether oxygens (including phenoxy) is 1. The number of nitrogens with zero attached hydrogens (tertiary/aromatic N) is 4. The molecule has 0 bridgehead atoms. The van der Waals surface area contributed by atoms with Crippen LogP contribution in [0.5, 0.6) is 5.75 Å². The van der Waals surface area contributed by atoms with Crippen LogP contribution >= 0.6 is 0 Å². The zero-order valence-electron chi connectivity index (χ0n) is 17.0. The van der Waals surface area contributed by atoms with Crippen molar-refractivity contribution in [2.75, 3.05) is 13.7 Å². The first kappa shape index (κ1) is 18.4. The molecular weight excluding hydrogens is 376 g/mol. The molecule has 0 N–H and O–H groups in total. The van der Waals surface area contributed by atoms with E-state index in [2.05, 4.69) is 17.2 Å². The Morgan fingerprint density at radius 1 is 1.07 bits per heavy atom. The molecule has 150 valence electrons. The Balaban J connectivity index is 1.43. The number of pyridine rings is 1. The Hall–Kier alpha value is -3.67. The molecule has 30 heavy (non-hydrogen) atoms. The SMILES string of the molecule is COc1ccc(-c2ccnn2C)c2c1CN(CCc1ccc3ccccc3n1)C2=O. The highest BCUT2D eigenvalue weighted by Crippen LogP contribution is 2.38. The lowest BCUT2D eigenvalue weighted by molar-refractivity contribution is 0.0780. The van der Waals surface area contributed by atoms with Gasteiger partial charge >= 0.3 is 0 Å². The van der Waals surface area contributed by atoms with E-state index < -0.39 is 0 Å². The molecule has 0 spiro atoms. The highest BCUT2D eigenvalue weighted by atomic mass is 16.5. The van der Waals surface area contributed by atoms with E-state index in [1.807, 2.05) is 54.4 Å². The van der Waals surface area contributed by atoms with Gasteiger partial charge in [0, 0.05) is 48.4 Å². The highest BCUT2D eigenvalue weighted by Gasteiger charge is 2.33. The lowest BCUT2D eigenvalue weighted by atomic mass is 9.99. The van der Waals surface area contributed by atoms with Crippen LogP contribution in [-0.4, -0.2) is 39.2 Å². The third kappa shape index (κ3) is 3.01. The first-order valence-electron chi connectivity index (χ1n) is 9.98. The van der Waals surface area contributed by atoms with Crippen LogP contribution < -0.4 is 4.74 Å². The number of rotatable bonds is 5. The molecular formula is C24H22N4O2. The second-order valence-corrected chi connectivity index (χ2v) is 7.48. The van der Waals surface area contributed by atoms with E-state index in [0.717, 1.165) is 39.2 Å². The van der Waals surface area contributed by atoms with Crippen LogP contribution in [0.15, 0.2) is 60.8 Å². The minimum atomic E-state index is 0.0286. The van der Waals surface area contributed by atoms with Gasteiger partial charge in [0.25, 0.3) is 5.91 Å². The number of carbonyl (C=O) groups excluding carboxylic acids is 1. The van der Waals surface area contributed by atoms with Crippen molar-refractivity contribution in [3.8, 4) is 17.0 Å². The molecule has 0 atom stereocenters. The van der Waals surface area contributed by atoms with Gasteiger partial charge in [0.15, 0.2) is 0 Å². The smallest absolute Gasteiger partial charge is 0.255 e. The van der Waals surface area contributed by atoms with Crippen molar-refractivity contribution in [1.82, 2.24) is 19.7 Å². The van der Waals surface area contributed by atoms with Gasteiger partial charge in [-0.1, -0.05) is 24.3 Å². The summed E-state index contributed by atoms with van der Waals surface area (Å²) in [5.41, 5.74) is 5.42. The lowest BCUT2D eigenvalue weighted by Crippen LogP contribution is -2.26. The Morgan fingerprint density at radius 2 is 1.93 bits per heavy atom. The van der Waals surface area contributed by atoms with Gasteiger partial charge < -0.3 is 9.64 Å². The van der Waals surface area contributed by atoms with Crippen molar-refractivity contribution in [3.63, 3.8) is 0 Å². The largest absolute Gasteiger partial charge is 0.496 e. The lowest BCUT2D eigenvalue weighted by Gasteiger charge is -2.15. The monoisotopic (exact) mass is 398 g/mol. The number of fused-ring (bicyclic) bond motifs is 2. The molecule has 6 nitrogen and oxygen atoms in total. The van der Waals surface area contributed by atoms with Crippen LogP contribution in [0.4, 0.5) is 0 Å². The van der Waals surface area contributed by atoms with Crippen LogP contribution in [0.3, 0.4) is 0 Å². The van der Waals surface area contributed by atoms with E-state index >= 15 is 0 Å². The van der Waals surface area contributed by atoms with Crippen molar-refractivity contribution in [2.24, 2.45) is 7.05 Å². The number of hydrogen-bond acceptors (Lipinski definition) is 4. The van der Waals surface area contributed by atoms with E-state index in [1.165, 1.54) is 0 Å². The van der Waals surface area contributed by atoms with Crippen molar-refractivity contribution >= 4 is 16.8 Å². The van der Waals surface area contributed by atoms with Crippen molar-refractivity contribution in [2.45, 2.75) is 13.0 Å². The van der Waals surface area contributed by atoms with Gasteiger partial charge in [-0.2, -0.15) is 5.10 Å². The van der Waals surface area contributed by atoms with E-state index in [1.54, 1.807) is 18.0 Å². The molecule has 2 aromatic carbocycles. The summed E-state index contributed by atoms with van der Waals surface area (Å²) in [5.74, 6) is 0.775. The molecule has 0 saturated heterocycles. The topological polar surface area (TPSA) is 60.2 Å². The minimum Gasteiger partial charge on any atom is -0.496 e. The number of benzene rings is 2. The first-order chi connectivity index (χ1) is 14.7. The van der Waals surface area contributed by atoms with Crippen molar-refractivity contribution < 1.29 is 9.53 Å². The number of hydrogen-bond donors (Lipinski definition) is 0. The molecule has 0 fully saturated rings. The molecule has 0 unspecified atom stereocenters. The molecule has 0 aliphatic carbocycles. The average molecular weight is 398 g/mol. The summed E-state index contributed by atoms with van der Waals surface area (Å²) in [6.45, 7) is 1.14. The number of carbonyl (C=O) groups is 1. The van der Waals surface area contributed by atoms with Crippen LogP contribution in [0.2, 0.25) is 0 Å². The maximum atomic E-state index is 13.3. The van der Waals surface area contributed by atoms with Gasteiger partial charge in [0.2, 0.25) is 0 Å². The molecule has 0 radical (unpaired) electrons. The molecule has 1 aliphatic heterocycles. The molecule has 6 heteroatoms. The Bertz CT molecular complexity index is 1260. The van der Waals surface area contributed by atoms with Crippen molar-refractivity contribution in [1.29, 1.82) is 0 Å². The number of methoxy groups -OCH3 is 1. The first-order valence-corrected chi connectivity index (χ1v) is 9.98. The summed E-state index contributed by atoms with van der Waals surface area (Å²) in [7, 11) is 3.53. The second-order valence-electron chi connectivity index (χ2n) is 7.48. The van der Waals surface area contributed by atoms with E-state index in [-0.39, 0.29) is 5.91 Å². The maximum Gasteiger partial charge on any atom is 0.255 e. The summed E-state index contributed by atoms with van der Waals surface area (Å²) in [6.07, 6.45) is 2.45. The third-order valence-electron chi connectivity index (χ3n) is 5.73. The molecule has 5 rings (SSSR count). The molecule has 2 aromatic heterocycles. The van der Waals surface area contributed by atoms with Gasteiger partial charge in [0.1, 0.15) is 5.75 Å². The predicted molar refractivity (Wildman–Crippen MR) is 115 cm³/mol. The van der Waals surface area contributed by atoms with Gasteiger partial charge in [-0.3, -0.25) is 14.5 Å².